The fourth-order valence-electron chi connectivity index (χ4n) is 6.62. The molecule has 5 aromatic rings. The lowest BCUT2D eigenvalue weighted by molar-refractivity contribution is -0.136. The van der Waals surface area contributed by atoms with Crippen molar-refractivity contribution in [1.29, 1.82) is 0 Å². The number of aliphatic hydroxyl groups is 1. The molecule has 10 heteroatoms. The minimum Gasteiger partial charge on any atom is -0.481 e. The predicted molar refractivity (Wildman–Crippen MR) is 163 cm³/mol. The van der Waals surface area contributed by atoms with Crippen LogP contribution in [-0.4, -0.2) is 43.8 Å². The molecule has 2 fully saturated rings. The van der Waals surface area contributed by atoms with Crippen molar-refractivity contribution in [1.82, 2.24) is 15.0 Å². The highest BCUT2D eigenvalue weighted by Gasteiger charge is 2.47. The Labute approximate surface area is 258 Å². The molecular formula is C35H33F2N3O5. The molecule has 2 aliphatic rings. The number of halogens is 2. The highest BCUT2D eigenvalue weighted by Crippen LogP contribution is 2.49. The van der Waals surface area contributed by atoms with Crippen molar-refractivity contribution >= 4 is 16.9 Å². The second-order valence-corrected chi connectivity index (χ2v) is 12.1. The van der Waals surface area contributed by atoms with Crippen LogP contribution in [0.5, 0.6) is 11.5 Å². The van der Waals surface area contributed by atoms with E-state index >= 15 is 4.39 Å². The molecule has 45 heavy (non-hydrogen) atoms. The minimum absolute atomic E-state index is 0.00688. The number of imidazole rings is 1. The number of carboxylic acid groups (broad SMARTS) is 1. The third-order valence-corrected chi connectivity index (χ3v) is 9.21. The van der Waals surface area contributed by atoms with Gasteiger partial charge in [0, 0.05) is 41.6 Å². The summed E-state index contributed by atoms with van der Waals surface area (Å²) in [7, 11) is 0. The van der Waals surface area contributed by atoms with Crippen LogP contribution < -0.4 is 4.74 Å². The van der Waals surface area contributed by atoms with Crippen molar-refractivity contribution in [2.45, 2.75) is 63.1 Å². The SMILES string of the molecule is Cc1c(Oc2ccc(F)c(-c3ncc([C@]4(c5cc(CCC(=O)O)ccc5C5CCC5)C[C@H](O)CO4)[nH]3)c2)c(F)cc2[nH]ccc12. The number of rotatable bonds is 9. The van der Waals surface area contributed by atoms with Gasteiger partial charge < -0.3 is 29.7 Å². The number of nitrogens with one attached hydrogen (secondary N) is 2. The van der Waals surface area contributed by atoms with Crippen LogP contribution in [0.2, 0.25) is 0 Å². The maximum Gasteiger partial charge on any atom is 0.303 e. The van der Waals surface area contributed by atoms with Crippen molar-refractivity contribution in [3.63, 3.8) is 0 Å². The molecule has 1 saturated carbocycles. The number of ether oxygens (including phenoxy) is 2. The molecule has 0 spiro atoms. The number of fused-ring (bicyclic) bond motifs is 1. The molecule has 3 heterocycles. The third kappa shape index (κ3) is 5.27. The second-order valence-electron chi connectivity index (χ2n) is 12.1. The van der Waals surface area contributed by atoms with E-state index in [9.17, 15) is 19.4 Å². The zero-order chi connectivity index (χ0) is 31.3. The van der Waals surface area contributed by atoms with Crippen LogP contribution in [0.15, 0.2) is 60.9 Å². The topological polar surface area (TPSA) is 120 Å². The van der Waals surface area contributed by atoms with E-state index in [0.29, 0.717) is 29.1 Å². The third-order valence-electron chi connectivity index (χ3n) is 9.21. The summed E-state index contributed by atoms with van der Waals surface area (Å²) >= 11 is 0. The number of hydrogen-bond donors (Lipinski definition) is 4. The Morgan fingerprint density at radius 1 is 1.13 bits per heavy atom. The summed E-state index contributed by atoms with van der Waals surface area (Å²) < 4.78 is 42.7. The summed E-state index contributed by atoms with van der Waals surface area (Å²) in [6, 6.07) is 13.4. The van der Waals surface area contributed by atoms with E-state index in [4.69, 9.17) is 9.47 Å². The Bertz CT molecular complexity index is 1910. The first-order chi connectivity index (χ1) is 21.7. The van der Waals surface area contributed by atoms with Crippen LogP contribution in [0.4, 0.5) is 8.78 Å². The number of aromatic nitrogens is 3. The number of aliphatic carboxylic acids is 1. The smallest absolute Gasteiger partial charge is 0.303 e. The van der Waals surface area contributed by atoms with Gasteiger partial charge in [0.05, 0.1) is 30.2 Å². The lowest BCUT2D eigenvalue weighted by atomic mass is 9.73. The molecule has 0 amide bonds. The van der Waals surface area contributed by atoms with Gasteiger partial charge in [-0.1, -0.05) is 24.6 Å². The molecule has 7 rings (SSSR count). The van der Waals surface area contributed by atoms with Gasteiger partial charge in [0.15, 0.2) is 11.6 Å². The maximum absolute atomic E-state index is 15.3. The van der Waals surface area contributed by atoms with Gasteiger partial charge in [0.1, 0.15) is 23.0 Å². The summed E-state index contributed by atoms with van der Waals surface area (Å²) in [5.74, 6) is -1.12. The standard InChI is InChI=1S/C35H33F2N3O5/c1-19-24-11-12-38-30(24)15-29(37)33(19)45-23-7-9-28(36)26(14-23)34-39-17-31(40-34)35(16-22(41)18-44-35)27-13-20(6-10-32(42)43)5-8-25(27)21-3-2-4-21/h5,7-9,11-15,17,21-22,38,41H,2-4,6,10,16,18H2,1H3,(H,39,40)(H,42,43)/t22-,35+/m0/s1. The van der Waals surface area contributed by atoms with Gasteiger partial charge in [-0.3, -0.25) is 4.79 Å². The van der Waals surface area contributed by atoms with Gasteiger partial charge in [0.25, 0.3) is 0 Å². The molecule has 3 aromatic carbocycles. The number of hydrogen-bond acceptors (Lipinski definition) is 5. The second kappa shape index (κ2) is 11.4. The number of carbonyl (C=O) groups is 1. The number of aromatic amines is 2. The molecule has 232 valence electrons. The summed E-state index contributed by atoms with van der Waals surface area (Å²) in [5.41, 5.74) is 3.68. The Morgan fingerprint density at radius 3 is 2.71 bits per heavy atom. The van der Waals surface area contributed by atoms with E-state index < -0.39 is 29.3 Å². The van der Waals surface area contributed by atoms with Crippen molar-refractivity contribution in [2.24, 2.45) is 0 Å². The van der Waals surface area contributed by atoms with Crippen molar-refractivity contribution in [3.8, 4) is 22.9 Å². The van der Waals surface area contributed by atoms with Crippen LogP contribution in [-0.2, 0) is 21.6 Å². The Morgan fingerprint density at radius 2 is 1.98 bits per heavy atom. The van der Waals surface area contributed by atoms with E-state index in [1.54, 1.807) is 19.3 Å². The molecule has 2 aromatic heterocycles. The number of H-pyrrole nitrogens is 2. The molecule has 4 N–H and O–H groups in total. The Balaban J connectivity index is 1.27. The lowest BCUT2D eigenvalue weighted by Crippen LogP contribution is -2.31. The average Bonchev–Trinajstić information content (AvgIpc) is 3.75. The highest BCUT2D eigenvalue weighted by molar-refractivity contribution is 5.85. The fraction of sp³-hybridized carbons (Fsp3) is 0.314. The molecule has 0 radical (unpaired) electrons. The van der Waals surface area contributed by atoms with Crippen molar-refractivity contribution in [3.05, 3.63) is 101 Å². The average molecular weight is 614 g/mol. The lowest BCUT2D eigenvalue weighted by Gasteiger charge is -2.35. The fourth-order valence-corrected chi connectivity index (χ4v) is 6.62. The first-order valence-electron chi connectivity index (χ1n) is 15.2. The highest BCUT2D eigenvalue weighted by atomic mass is 19.1. The number of carboxylic acids is 1. The summed E-state index contributed by atoms with van der Waals surface area (Å²) in [6.07, 6.45) is 6.37. The molecule has 1 saturated heterocycles. The molecule has 1 aliphatic carbocycles. The zero-order valence-electron chi connectivity index (χ0n) is 24.7. The summed E-state index contributed by atoms with van der Waals surface area (Å²) in [6.45, 7) is 1.87. The van der Waals surface area contributed by atoms with Gasteiger partial charge in [-0.05, 0) is 73.1 Å². The molecule has 0 bridgehead atoms. The number of benzene rings is 3. The van der Waals surface area contributed by atoms with E-state index in [1.807, 2.05) is 18.2 Å². The largest absolute Gasteiger partial charge is 0.481 e. The van der Waals surface area contributed by atoms with Gasteiger partial charge in [-0.25, -0.2) is 13.8 Å². The molecule has 1 aliphatic heterocycles. The Hall–Kier alpha value is -4.54. The minimum atomic E-state index is -1.09. The molecule has 0 unspecified atom stereocenters. The van der Waals surface area contributed by atoms with Crippen LogP contribution in [0, 0.1) is 18.6 Å². The maximum atomic E-state index is 15.3. The van der Waals surface area contributed by atoms with Crippen LogP contribution in [0.3, 0.4) is 0 Å². The quantitative estimate of drug-likeness (QED) is 0.139. The number of aryl methyl sites for hydroxylation is 2. The van der Waals surface area contributed by atoms with E-state index in [-0.39, 0.29) is 42.3 Å². The van der Waals surface area contributed by atoms with E-state index in [1.165, 1.54) is 24.3 Å². The molecule has 8 nitrogen and oxygen atoms in total. The first kappa shape index (κ1) is 29.2. The van der Waals surface area contributed by atoms with Gasteiger partial charge in [0.2, 0.25) is 0 Å². The van der Waals surface area contributed by atoms with Crippen molar-refractivity contribution in [2.75, 3.05) is 6.61 Å². The summed E-state index contributed by atoms with van der Waals surface area (Å²) in [5, 5.41) is 20.8. The van der Waals surface area contributed by atoms with E-state index in [2.05, 4.69) is 21.0 Å². The molecule has 2 atom stereocenters. The number of aliphatic hydroxyl groups excluding tert-OH is 1. The van der Waals surface area contributed by atoms with Crippen LogP contribution in [0.1, 0.15) is 66.0 Å². The molecular weight excluding hydrogens is 580 g/mol. The monoisotopic (exact) mass is 613 g/mol. The predicted octanol–water partition coefficient (Wildman–Crippen LogP) is 7.25. The van der Waals surface area contributed by atoms with Crippen molar-refractivity contribution < 1.29 is 33.3 Å². The zero-order valence-corrected chi connectivity index (χ0v) is 24.7. The first-order valence-corrected chi connectivity index (χ1v) is 15.2. The number of nitrogens with zero attached hydrogens (tertiary/aromatic N) is 1. The van der Waals surface area contributed by atoms with Gasteiger partial charge in [-0.15, -0.1) is 0 Å². The van der Waals surface area contributed by atoms with E-state index in [0.717, 1.165) is 41.3 Å². The normalized spacial score (nSPS) is 20.0. The summed E-state index contributed by atoms with van der Waals surface area (Å²) in [4.78, 5) is 22.1. The van der Waals surface area contributed by atoms with Crippen LogP contribution >= 0.6 is 0 Å². The van der Waals surface area contributed by atoms with Gasteiger partial charge in [-0.2, -0.15) is 0 Å². The Kier molecular flexibility index (Phi) is 7.41. The van der Waals surface area contributed by atoms with Crippen LogP contribution in [0.25, 0.3) is 22.3 Å². The van der Waals surface area contributed by atoms with Gasteiger partial charge >= 0.3 is 5.97 Å².